The molecule has 2 nitrogen and oxygen atoms in total. The van der Waals surface area contributed by atoms with Crippen LogP contribution < -0.4 is 10.2 Å². The zero-order valence-corrected chi connectivity index (χ0v) is 13.5. The molecule has 3 heteroatoms. The Labute approximate surface area is 124 Å². The Morgan fingerprint density at radius 3 is 2.79 bits per heavy atom. The second-order valence-corrected chi connectivity index (χ2v) is 7.19. The van der Waals surface area contributed by atoms with Crippen LogP contribution in [0.1, 0.15) is 38.2 Å². The van der Waals surface area contributed by atoms with E-state index in [1.165, 1.54) is 41.4 Å². The van der Waals surface area contributed by atoms with Gasteiger partial charge in [0.05, 0.1) is 0 Å². The molecule has 1 heterocycles. The highest BCUT2D eigenvalue weighted by molar-refractivity contribution is 9.10. The highest BCUT2D eigenvalue weighted by Crippen LogP contribution is 2.36. The van der Waals surface area contributed by atoms with Crippen molar-refractivity contribution in [1.82, 2.24) is 5.32 Å². The fourth-order valence-electron chi connectivity index (χ4n) is 3.61. The molecule has 19 heavy (non-hydrogen) atoms. The molecule has 1 saturated heterocycles. The summed E-state index contributed by atoms with van der Waals surface area (Å²) in [6, 6.07) is 7.20. The van der Waals surface area contributed by atoms with Crippen LogP contribution in [0.2, 0.25) is 0 Å². The molecule has 0 aromatic heterocycles. The summed E-state index contributed by atoms with van der Waals surface area (Å²) in [5.74, 6) is 0. The van der Waals surface area contributed by atoms with Gasteiger partial charge in [0.2, 0.25) is 0 Å². The van der Waals surface area contributed by atoms with Gasteiger partial charge in [-0.15, -0.1) is 0 Å². The number of nitrogens with zero attached hydrogens (tertiary/aromatic N) is 1. The van der Waals surface area contributed by atoms with E-state index in [1.54, 1.807) is 0 Å². The van der Waals surface area contributed by atoms with Gasteiger partial charge in [0, 0.05) is 34.8 Å². The van der Waals surface area contributed by atoms with Crippen LogP contribution in [-0.4, -0.2) is 24.7 Å². The Bertz CT molecular complexity index is 466. The lowest BCUT2D eigenvalue weighted by Gasteiger charge is -2.47. The van der Waals surface area contributed by atoms with Crippen LogP contribution in [0.5, 0.6) is 0 Å². The van der Waals surface area contributed by atoms with Gasteiger partial charge in [0.25, 0.3) is 0 Å². The lowest BCUT2D eigenvalue weighted by atomic mass is 9.92. The molecule has 2 fully saturated rings. The Morgan fingerprint density at radius 2 is 2.05 bits per heavy atom. The smallest absolute Gasteiger partial charge is 0.0410 e. The lowest BCUT2D eigenvalue weighted by molar-refractivity contribution is 0.276. The largest absolute Gasteiger partial charge is 0.365 e. The van der Waals surface area contributed by atoms with Crippen LogP contribution >= 0.6 is 15.9 Å². The van der Waals surface area contributed by atoms with Crippen molar-refractivity contribution >= 4 is 21.6 Å². The maximum Gasteiger partial charge on any atom is 0.0410 e. The van der Waals surface area contributed by atoms with E-state index in [1.807, 2.05) is 0 Å². The monoisotopic (exact) mass is 322 g/mol. The molecule has 0 amide bonds. The van der Waals surface area contributed by atoms with Crippen LogP contribution in [0, 0.1) is 6.92 Å². The van der Waals surface area contributed by atoms with Gasteiger partial charge in [-0.2, -0.15) is 0 Å². The molecule has 3 rings (SSSR count). The Morgan fingerprint density at radius 1 is 1.32 bits per heavy atom. The average molecular weight is 323 g/mol. The number of rotatable bonds is 1. The summed E-state index contributed by atoms with van der Waals surface area (Å²) >= 11 is 3.62. The van der Waals surface area contributed by atoms with Gasteiger partial charge in [-0.05, 0) is 44.4 Å². The third-order valence-corrected chi connectivity index (χ3v) is 5.31. The number of piperazine rings is 1. The molecule has 1 N–H and O–H groups in total. The van der Waals surface area contributed by atoms with Crippen molar-refractivity contribution in [2.24, 2.45) is 0 Å². The van der Waals surface area contributed by atoms with E-state index in [9.17, 15) is 0 Å². The zero-order valence-electron chi connectivity index (χ0n) is 11.9. The molecule has 1 atom stereocenters. The molecular formula is C16H23BrN2. The fraction of sp³-hybridized carbons (Fsp3) is 0.625. The highest BCUT2D eigenvalue weighted by Gasteiger charge is 2.40. The molecule has 104 valence electrons. The molecule has 1 spiro atoms. The second kappa shape index (κ2) is 5.10. The predicted octanol–water partition coefficient (Wildman–Crippen LogP) is 3.87. The number of nitrogens with one attached hydrogen (secondary N) is 1. The molecule has 0 radical (unpaired) electrons. The summed E-state index contributed by atoms with van der Waals surface area (Å²) in [6.45, 7) is 6.81. The first-order chi connectivity index (χ1) is 9.10. The number of hydrogen-bond acceptors (Lipinski definition) is 2. The summed E-state index contributed by atoms with van der Waals surface area (Å²) in [5, 5.41) is 3.82. The number of hydrogen-bond donors (Lipinski definition) is 1. The van der Waals surface area contributed by atoms with Gasteiger partial charge in [-0.1, -0.05) is 34.8 Å². The first-order valence-corrected chi connectivity index (χ1v) is 8.17. The minimum atomic E-state index is 0.376. The Kier molecular flexibility index (Phi) is 3.61. The summed E-state index contributed by atoms with van der Waals surface area (Å²) in [5.41, 5.74) is 3.15. The summed E-state index contributed by atoms with van der Waals surface area (Å²) in [6.07, 6.45) is 5.44. The Balaban J connectivity index is 1.91. The van der Waals surface area contributed by atoms with Gasteiger partial charge in [0.1, 0.15) is 0 Å². The van der Waals surface area contributed by atoms with Crippen LogP contribution in [-0.2, 0) is 0 Å². The zero-order chi connectivity index (χ0) is 13.5. The van der Waals surface area contributed by atoms with E-state index in [-0.39, 0.29) is 0 Å². The van der Waals surface area contributed by atoms with E-state index < -0.39 is 0 Å². The van der Waals surface area contributed by atoms with E-state index in [0.717, 1.165) is 13.1 Å². The van der Waals surface area contributed by atoms with Gasteiger partial charge < -0.3 is 10.2 Å². The van der Waals surface area contributed by atoms with Crippen molar-refractivity contribution in [2.75, 3.05) is 18.0 Å². The molecule has 1 aliphatic heterocycles. The van der Waals surface area contributed by atoms with Crippen molar-refractivity contribution in [3.8, 4) is 0 Å². The van der Waals surface area contributed by atoms with E-state index >= 15 is 0 Å². The fourth-order valence-corrected chi connectivity index (χ4v) is 3.96. The summed E-state index contributed by atoms with van der Waals surface area (Å²) < 4.78 is 1.18. The maximum atomic E-state index is 3.82. The van der Waals surface area contributed by atoms with Gasteiger partial charge >= 0.3 is 0 Å². The molecule has 1 unspecified atom stereocenters. The van der Waals surface area contributed by atoms with E-state index in [0.29, 0.717) is 11.6 Å². The average Bonchev–Trinajstić information content (AvgIpc) is 2.84. The molecule has 1 aliphatic carbocycles. The SMILES string of the molecule is Cc1ccc(Br)cc1N1CC2(CCCC2)NCC1C. The second-order valence-electron chi connectivity index (χ2n) is 6.28. The third kappa shape index (κ3) is 2.55. The standard InChI is InChI=1S/C16H23BrN2/c1-12-5-6-14(17)9-15(12)19-11-16(7-3-4-8-16)18-10-13(19)2/h5-6,9,13,18H,3-4,7-8,10-11H2,1-2H3. The van der Waals surface area contributed by atoms with Crippen LogP contribution in [0.25, 0.3) is 0 Å². The molecule has 1 aromatic rings. The quantitative estimate of drug-likeness (QED) is 0.844. The summed E-state index contributed by atoms with van der Waals surface area (Å²) in [4.78, 5) is 2.61. The molecule has 1 saturated carbocycles. The van der Waals surface area contributed by atoms with Crippen LogP contribution in [0.3, 0.4) is 0 Å². The highest BCUT2D eigenvalue weighted by atomic mass is 79.9. The lowest BCUT2D eigenvalue weighted by Crippen LogP contribution is -2.62. The van der Waals surface area contributed by atoms with E-state index in [2.05, 4.69) is 58.2 Å². The molecule has 1 aromatic carbocycles. The Hall–Kier alpha value is -0.540. The predicted molar refractivity (Wildman–Crippen MR) is 84.9 cm³/mol. The molecular weight excluding hydrogens is 300 g/mol. The minimum absolute atomic E-state index is 0.376. The van der Waals surface area contributed by atoms with Crippen LogP contribution in [0.4, 0.5) is 5.69 Å². The number of anilines is 1. The van der Waals surface area contributed by atoms with E-state index in [4.69, 9.17) is 0 Å². The summed E-state index contributed by atoms with van der Waals surface area (Å²) in [7, 11) is 0. The first kappa shape index (κ1) is 13.4. The van der Waals surface area contributed by atoms with Crippen LogP contribution in [0.15, 0.2) is 22.7 Å². The van der Waals surface area contributed by atoms with Crippen molar-refractivity contribution < 1.29 is 0 Å². The molecule has 0 bridgehead atoms. The van der Waals surface area contributed by atoms with Crippen molar-refractivity contribution in [3.05, 3.63) is 28.2 Å². The van der Waals surface area contributed by atoms with Crippen molar-refractivity contribution in [1.29, 1.82) is 0 Å². The normalized spacial score (nSPS) is 26.1. The topological polar surface area (TPSA) is 15.3 Å². The van der Waals surface area contributed by atoms with Gasteiger partial charge in [0.15, 0.2) is 0 Å². The van der Waals surface area contributed by atoms with Crippen molar-refractivity contribution in [3.63, 3.8) is 0 Å². The number of halogens is 1. The molecule has 2 aliphatic rings. The minimum Gasteiger partial charge on any atom is -0.365 e. The van der Waals surface area contributed by atoms with Crippen molar-refractivity contribution in [2.45, 2.75) is 51.1 Å². The van der Waals surface area contributed by atoms with Gasteiger partial charge in [-0.25, -0.2) is 0 Å². The first-order valence-electron chi connectivity index (χ1n) is 7.37. The third-order valence-electron chi connectivity index (χ3n) is 4.82. The number of benzene rings is 1. The maximum absolute atomic E-state index is 3.82. The van der Waals surface area contributed by atoms with Gasteiger partial charge in [-0.3, -0.25) is 0 Å². The number of aryl methyl sites for hydroxylation is 1.